The minimum atomic E-state index is -0.792. The van der Waals surface area contributed by atoms with Crippen LogP contribution in [0.4, 0.5) is 0 Å². The monoisotopic (exact) mass is 1020 g/mol. The second-order valence-corrected chi connectivity index (χ2v) is 20.6. The number of ether oxygens (including phenoxy) is 3. The Bertz CT molecular complexity index is 1400. The molecule has 6 heteroatoms. The van der Waals surface area contributed by atoms with Crippen LogP contribution in [-0.4, -0.2) is 37.2 Å². The van der Waals surface area contributed by atoms with E-state index in [2.05, 4.69) is 106 Å². The largest absolute Gasteiger partial charge is 0.462 e. The number of carbonyl (C=O) groups is 3. The second-order valence-electron chi connectivity index (χ2n) is 20.6. The summed E-state index contributed by atoms with van der Waals surface area (Å²) in [5, 5.41) is 0. The molecule has 0 radical (unpaired) electrons. The van der Waals surface area contributed by atoms with Crippen LogP contribution >= 0.6 is 0 Å². The normalized spacial score (nSPS) is 12.6. The Labute approximate surface area is 452 Å². The second kappa shape index (κ2) is 61.1. The van der Waals surface area contributed by atoms with Crippen LogP contribution in [0.15, 0.2) is 85.1 Å². The highest BCUT2D eigenvalue weighted by molar-refractivity contribution is 5.71. The maximum absolute atomic E-state index is 12.9. The lowest BCUT2D eigenvalue weighted by molar-refractivity contribution is -0.167. The third-order valence-corrected chi connectivity index (χ3v) is 13.4. The first-order chi connectivity index (χ1) is 36.0. The lowest BCUT2D eigenvalue weighted by Crippen LogP contribution is -2.30. The molecule has 0 heterocycles. The van der Waals surface area contributed by atoms with Crippen molar-refractivity contribution in [3.63, 3.8) is 0 Å². The van der Waals surface area contributed by atoms with Gasteiger partial charge < -0.3 is 14.2 Å². The predicted octanol–water partition coefficient (Wildman–Crippen LogP) is 21.1. The molecule has 0 aromatic rings. The number of carbonyl (C=O) groups excluding carboxylic acids is 3. The summed E-state index contributed by atoms with van der Waals surface area (Å²) < 4.78 is 16.9. The summed E-state index contributed by atoms with van der Waals surface area (Å²) in [4.78, 5) is 38.3. The molecule has 1 atom stereocenters. The molecule has 0 aromatic heterocycles. The lowest BCUT2D eigenvalue weighted by Gasteiger charge is -2.18. The van der Waals surface area contributed by atoms with E-state index in [0.717, 1.165) is 135 Å². The minimum absolute atomic E-state index is 0.0859. The molecule has 0 saturated heterocycles. The number of hydrogen-bond acceptors (Lipinski definition) is 6. The maximum Gasteiger partial charge on any atom is 0.306 e. The van der Waals surface area contributed by atoms with E-state index in [4.69, 9.17) is 14.2 Å². The van der Waals surface area contributed by atoms with Gasteiger partial charge in [0, 0.05) is 19.3 Å². The third kappa shape index (κ3) is 59.3. The van der Waals surface area contributed by atoms with Crippen molar-refractivity contribution in [2.24, 2.45) is 0 Å². The highest BCUT2D eigenvalue weighted by Crippen LogP contribution is 2.17. The number of esters is 3. The summed E-state index contributed by atoms with van der Waals surface area (Å²) in [6, 6.07) is 0. The van der Waals surface area contributed by atoms with E-state index in [9.17, 15) is 14.4 Å². The van der Waals surface area contributed by atoms with Crippen LogP contribution in [0, 0.1) is 0 Å². The molecule has 0 spiro atoms. The fraction of sp³-hybridized carbons (Fsp3) is 0.746. The Kier molecular flexibility index (Phi) is 58.3. The summed E-state index contributed by atoms with van der Waals surface area (Å²) >= 11 is 0. The van der Waals surface area contributed by atoms with Gasteiger partial charge in [-0.2, -0.15) is 0 Å². The van der Waals surface area contributed by atoms with Gasteiger partial charge in [0.05, 0.1) is 0 Å². The van der Waals surface area contributed by atoms with Crippen molar-refractivity contribution in [2.75, 3.05) is 13.2 Å². The molecule has 6 nitrogen and oxygen atoms in total. The Hall–Kier alpha value is -3.41. The van der Waals surface area contributed by atoms with Gasteiger partial charge in [0.15, 0.2) is 6.10 Å². The van der Waals surface area contributed by atoms with Crippen LogP contribution in [0.25, 0.3) is 0 Å². The molecule has 1 unspecified atom stereocenters. The third-order valence-electron chi connectivity index (χ3n) is 13.4. The summed E-state index contributed by atoms with van der Waals surface area (Å²) in [6.07, 6.45) is 80.1. The Balaban J connectivity index is 4.38. The smallest absolute Gasteiger partial charge is 0.306 e. The molecule has 0 N–H and O–H groups in total. The molecule has 0 rings (SSSR count). The van der Waals surface area contributed by atoms with Gasteiger partial charge in [-0.1, -0.05) is 279 Å². The number of unbranched alkanes of at least 4 members (excludes halogenated alkanes) is 31. The summed E-state index contributed by atoms with van der Waals surface area (Å²) in [6.45, 7) is 6.42. The van der Waals surface area contributed by atoms with Gasteiger partial charge in [-0.15, -0.1) is 0 Å². The molecule has 0 aromatic carbocycles. The average molecular weight is 1020 g/mol. The Morgan fingerprint density at radius 3 is 0.836 bits per heavy atom. The molecular weight excluding hydrogens is 901 g/mol. The fourth-order valence-corrected chi connectivity index (χ4v) is 8.80. The van der Waals surface area contributed by atoms with Gasteiger partial charge in [-0.05, 0) is 89.9 Å². The van der Waals surface area contributed by atoms with Crippen LogP contribution in [0.1, 0.15) is 303 Å². The van der Waals surface area contributed by atoms with E-state index in [1.807, 2.05) is 0 Å². The topological polar surface area (TPSA) is 78.9 Å². The molecular formula is C67H116O6. The van der Waals surface area contributed by atoms with Gasteiger partial charge in [0.25, 0.3) is 0 Å². The zero-order chi connectivity index (χ0) is 52.9. The first-order valence-corrected chi connectivity index (χ1v) is 31.1. The zero-order valence-electron chi connectivity index (χ0n) is 48.1. The highest BCUT2D eigenvalue weighted by Gasteiger charge is 2.19. The quantitative estimate of drug-likeness (QED) is 0.0261. The highest BCUT2D eigenvalue weighted by atomic mass is 16.6. The van der Waals surface area contributed by atoms with E-state index >= 15 is 0 Å². The molecule has 0 aliphatic carbocycles. The van der Waals surface area contributed by atoms with E-state index < -0.39 is 6.10 Å². The van der Waals surface area contributed by atoms with E-state index in [-0.39, 0.29) is 31.1 Å². The van der Waals surface area contributed by atoms with Crippen molar-refractivity contribution in [2.45, 2.75) is 309 Å². The Morgan fingerprint density at radius 2 is 0.534 bits per heavy atom. The molecule has 0 aliphatic rings. The zero-order valence-corrected chi connectivity index (χ0v) is 48.1. The SMILES string of the molecule is CC/C=C\C/C=C\C/C=C\C/C=C\CCCCCCCCC(=O)OC(COC(=O)CCCCCCC/C=C\C/C=C\C/C=C\CC)COC(=O)CCCCCCCCCCCCCCCCCCCCCCC. The fourth-order valence-electron chi connectivity index (χ4n) is 8.80. The van der Waals surface area contributed by atoms with Crippen LogP contribution in [0.3, 0.4) is 0 Å². The van der Waals surface area contributed by atoms with Gasteiger partial charge in [-0.3, -0.25) is 14.4 Å². The number of allylic oxidation sites excluding steroid dienone is 14. The van der Waals surface area contributed by atoms with Crippen molar-refractivity contribution in [1.82, 2.24) is 0 Å². The van der Waals surface area contributed by atoms with Gasteiger partial charge in [0.1, 0.15) is 13.2 Å². The van der Waals surface area contributed by atoms with Gasteiger partial charge in [0.2, 0.25) is 0 Å². The van der Waals surface area contributed by atoms with Crippen LogP contribution in [-0.2, 0) is 28.6 Å². The average Bonchev–Trinajstić information content (AvgIpc) is 3.39. The van der Waals surface area contributed by atoms with E-state index in [1.165, 1.54) is 128 Å². The molecule has 0 saturated carbocycles. The predicted molar refractivity (Wildman–Crippen MR) is 316 cm³/mol. The van der Waals surface area contributed by atoms with E-state index in [0.29, 0.717) is 19.3 Å². The molecule has 0 aliphatic heterocycles. The molecule has 420 valence electrons. The molecule has 0 bridgehead atoms. The van der Waals surface area contributed by atoms with Crippen LogP contribution < -0.4 is 0 Å². The minimum Gasteiger partial charge on any atom is -0.462 e. The van der Waals surface area contributed by atoms with Crippen molar-refractivity contribution in [3.8, 4) is 0 Å². The molecule has 0 amide bonds. The lowest BCUT2D eigenvalue weighted by atomic mass is 10.0. The van der Waals surface area contributed by atoms with Gasteiger partial charge >= 0.3 is 17.9 Å². The molecule has 0 fully saturated rings. The number of hydrogen-bond donors (Lipinski definition) is 0. The first kappa shape index (κ1) is 69.6. The molecule has 73 heavy (non-hydrogen) atoms. The van der Waals surface area contributed by atoms with E-state index in [1.54, 1.807) is 0 Å². The van der Waals surface area contributed by atoms with Crippen molar-refractivity contribution in [1.29, 1.82) is 0 Å². The first-order valence-electron chi connectivity index (χ1n) is 31.1. The van der Waals surface area contributed by atoms with Crippen molar-refractivity contribution < 1.29 is 28.6 Å². The van der Waals surface area contributed by atoms with Crippen LogP contribution in [0.2, 0.25) is 0 Å². The van der Waals surface area contributed by atoms with Gasteiger partial charge in [-0.25, -0.2) is 0 Å². The van der Waals surface area contributed by atoms with Crippen molar-refractivity contribution in [3.05, 3.63) is 85.1 Å². The Morgan fingerprint density at radius 1 is 0.288 bits per heavy atom. The van der Waals surface area contributed by atoms with Crippen molar-refractivity contribution >= 4 is 17.9 Å². The van der Waals surface area contributed by atoms with Crippen LogP contribution in [0.5, 0.6) is 0 Å². The standard InChI is InChI=1S/C67H116O6/c1-4-7-10-13-16-19-22-25-28-30-32-33-35-36-39-42-45-48-51-54-57-60-66(69)72-63-64(62-71-65(68)59-56-53-50-47-44-41-38-27-24-21-18-15-12-9-6-3)73-67(70)61-58-55-52-49-46-43-40-37-34-31-29-26-23-20-17-14-11-8-5-2/h8-9,11-12,17-18,20-21,26-27,29,34,37-38,64H,4-7,10,13-16,19,22-25,28,30-33,35-36,39-63H2,1-3H3/b11-8-,12-9-,20-17-,21-18-,29-26-,37-34-,38-27-. The summed E-state index contributed by atoms with van der Waals surface area (Å²) in [5.41, 5.74) is 0. The summed E-state index contributed by atoms with van der Waals surface area (Å²) in [5.74, 6) is -0.906. The maximum atomic E-state index is 12.9. The number of rotatable bonds is 56. The summed E-state index contributed by atoms with van der Waals surface area (Å²) in [7, 11) is 0.